The van der Waals surface area contributed by atoms with E-state index in [9.17, 15) is 9.90 Å². The van der Waals surface area contributed by atoms with Crippen LogP contribution in [0.15, 0.2) is 29.1 Å². The summed E-state index contributed by atoms with van der Waals surface area (Å²) in [7, 11) is 0. The molecule has 0 aliphatic rings. The number of hydrogen-bond acceptors (Lipinski definition) is 3. The molecule has 0 atom stereocenters. The molecule has 0 amide bonds. The SMILES string of the molecule is CCOc1ccc(O)c2[nH]c(=O)ccc12. The minimum absolute atomic E-state index is 0.0474. The fraction of sp³-hybridized carbons (Fsp3) is 0.182. The van der Waals surface area contributed by atoms with Gasteiger partial charge in [0, 0.05) is 11.5 Å². The molecule has 4 heteroatoms. The minimum Gasteiger partial charge on any atom is -0.506 e. The minimum atomic E-state index is -0.244. The van der Waals surface area contributed by atoms with Crippen LogP contribution in [-0.2, 0) is 0 Å². The first-order valence-corrected chi connectivity index (χ1v) is 4.70. The zero-order valence-corrected chi connectivity index (χ0v) is 8.28. The lowest BCUT2D eigenvalue weighted by Crippen LogP contribution is -2.03. The number of phenols is 1. The highest BCUT2D eigenvalue weighted by Gasteiger charge is 2.06. The van der Waals surface area contributed by atoms with E-state index in [4.69, 9.17) is 4.74 Å². The second kappa shape index (κ2) is 3.65. The van der Waals surface area contributed by atoms with Gasteiger partial charge < -0.3 is 14.8 Å². The number of aromatic hydroxyl groups is 1. The average Bonchev–Trinajstić information content (AvgIpc) is 2.23. The lowest BCUT2D eigenvalue weighted by Gasteiger charge is -2.07. The predicted molar refractivity (Wildman–Crippen MR) is 57.4 cm³/mol. The maximum Gasteiger partial charge on any atom is 0.248 e. The van der Waals surface area contributed by atoms with Crippen LogP contribution in [0.5, 0.6) is 11.5 Å². The maximum atomic E-state index is 11.1. The molecule has 1 heterocycles. The molecule has 15 heavy (non-hydrogen) atoms. The van der Waals surface area contributed by atoms with Crippen LogP contribution in [0.3, 0.4) is 0 Å². The Labute approximate surface area is 86.1 Å². The maximum absolute atomic E-state index is 11.1. The molecular formula is C11H11NO3. The van der Waals surface area contributed by atoms with E-state index < -0.39 is 0 Å². The van der Waals surface area contributed by atoms with Crippen molar-refractivity contribution in [1.29, 1.82) is 0 Å². The molecule has 4 nitrogen and oxygen atoms in total. The van der Waals surface area contributed by atoms with Crippen molar-refractivity contribution in [1.82, 2.24) is 4.98 Å². The van der Waals surface area contributed by atoms with E-state index in [0.29, 0.717) is 23.3 Å². The molecule has 78 valence electrons. The van der Waals surface area contributed by atoms with E-state index in [2.05, 4.69) is 4.98 Å². The van der Waals surface area contributed by atoms with Gasteiger partial charge in [0.1, 0.15) is 11.5 Å². The van der Waals surface area contributed by atoms with Crippen LogP contribution in [0, 0.1) is 0 Å². The molecule has 1 aromatic carbocycles. The zero-order valence-electron chi connectivity index (χ0n) is 8.28. The van der Waals surface area contributed by atoms with Crippen molar-refractivity contribution in [3.63, 3.8) is 0 Å². The second-order valence-electron chi connectivity index (χ2n) is 3.13. The molecule has 0 aliphatic heterocycles. The number of H-pyrrole nitrogens is 1. The molecule has 0 radical (unpaired) electrons. The fourth-order valence-electron chi connectivity index (χ4n) is 1.49. The van der Waals surface area contributed by atoms with Crippen molar-refractivity contribution < 1.29 is 9.84 Å². The van der Waals surface area contributed by atoms with Crippen LogP contribution < -0.4 is 10.3 Å². The Morgan fingerprint density at radius 2 is 2.13 bits per heavy atom. The number of nitrogens with one attached hydrogen (secondary N) is 1. The number of hydrogen-bond donors (Lipinski definition) is 2. The second-order valence-corrected chi connectivity index (χ2v) is 3.13. The number of pyridine rings is 1. The van der Waals surface area contributed by atoms with Gasteiger partial charge in [0.25, 0.3) is 0 Å². The third-order valence-electron chi connectivity index (χ3n) is 2.13. The van der Waals surface area contributed by atoms with Crippen LogP contribution in [0.25, 0.3) is 10.9 Å². The first-order chi connectivity index (χ1) is 7.22. The van der Waals surface area contributed by atoms with Gasteiger partial charge in [-0.3, -0.25) is 4.79 Å². The number of benzene rings is 1. The number of rotatable bonds is 2. The molecule has 2 aromatic rings. The van der Waals surface area contributed by atoms with Crippen molar-refractivity contribution in [2.45, 2.75) is 6.92 Å². The van der Waals surface area contributed by atoms with Gasteiger partial charge in [-0.25, -0.2) is 0 Å². The predicted octanol–water partition coefficient (Wildman–Crippen LogP) is 1.63. The monoisotopic (exact) mass is 205 g/mol. The van der Waals surface area contributed by atoms with Gasteiger partial charge in [-0.15, -0.1) is 0 Å². The molecular weight excluding hydrogens is 194 g/mol. The standard InChI is InChI=1S/C11H11NO3/c1-2-15-9-5-4-8(13)11-7(9)3-6-10(14)12-11/h3-6,13H,2H2,1H3,(H,12,14). The van der Waals surface area contributed by atoms with Gasteiger partial charge in [0.2, 0.25) is 5.56 Å². The summed E-state index contributed by atoms with van der Waals surface area (Å²) >= 11 is 0. The summed E-state index contributed by atoms with van der Waals surface area (Å²) < 4.78 is 5.38. The average molecular weight is 205 g/mol. The normalized spacial score (nSPS) is 10.5. The van der Waals surface area contributed by atoms with E-state index in [-0.39, 0.29) is 11.3 Å². The van der Waals surface area contributed by atoms with E-state index in [0.717, 1.165) is 0 Å². The molecule has 0 bridgehead atoms. The summed E-state index contributed by atoms with van der Waals surface area (Å²) in [6.45, 7) is 2.42. The summed E-state index contributed by atoms with van der Waals surface area (Å²) in [4.78, 5) is 13.7. The molecule has 2 N–H and O–H groups in total. The third kappa shape index (κ3) is 1.66. The van der Waals surface area contributed by atoms with Gasteiger partial charge in [-0.2, -0.15) is 0 Å². The Kier molecular flexibility index (Phi) is 2.33. The van der Waals surface area contributed by atoms with Gasteiger partial charge in [0.15, 0.2) is 0 Å². The lowest BCUT2D eigenvalue weighted by molar-refractivity contribution is 0.343. The first kappa shape index (κ1) is 9.58. The summed E-state index contributed by atoms with van der Waals surface area (Å²) in [5.41, 5.74) is 0.167. The fourth-order valence-corrected chi connectivity index (χ4v) is 1.49. The molecule has 0 saturated heterocycles. The molecule has 0 fully saturated rings. The van der Waals surface area contributed by atoms with E-state index in [1.165, 1.54) is 12.1 Å². The third-order valence-corrected chi connectivity index (χ3v) is 2.13. The Balaban J connectivity index is 2.76. The van der Waals surface area contributed by atoms with Crippen LogP contribution in [0.4, 0.5) is 0 Å². The number of aromatic amines is 1. The Hall–Kier alpha value is -1.97. The van der Waals surface area contributed by atoms with Crippen molar-refractivity contribution in [3.05, 3.63) is 34.6 Å². The van der Waals surface area contributed by atoms with Crippen LogP contribution in [0.2, 0.25) is 0 Å². The summed E-state index contributed by atoms with van der Waals surface area (Å²) in [6.07, 6.45) is 0. The van der Waals surface area contributed by atoms with E-state index in [1.807, 2.05) is 6.92 Å². The molecule has 0 saturated carbocycles. The summed E-state index contributed by atoms with van der Waals surface area (Å²) in [5, 5.41) is 10.3. The highest BCUT2D eigenvalue weighted by molar-refractivity contribution is 5.89. The number of fused-ring (bicyclic) bond motifs is 1. The largest absolute Gasteiger partial charge is 0.506 e. The van der Waals surface area contributed by atoms with Crippen molar-refractivity contribution in [3.8, 4) is 11.5 Å². The van der Waals surface area contributed by atoms with E-state index >= 15 is 0 Å². The van der Waals surface area contributed by atoms with Crippen LogP contribution in [0.1, 0.15) is 6.92 Å². The van der Waals surface area contributed by atoms with Gasteiger partial charge >= 0.3 is 0 Å². The van der Waals surface area contributed by atoms with Crippen molar-refractivity contribution in [2.24, 2.45) is 0 Å². The Bertz CT molecular complexity index is 545. The number of ether oxygens (including phenoxy) is 1. The number of phenolic OH excluding ortho intramolecular Hbond substituents is 1. The lowest BCUT2D eigenvalue weighted by atomic mass is 10.2. The molecule has 0 spiro atoms. The Morgan fingerprint density at radius 1 is 1.33 bits per heavy atom. The molecule has 0 unspecified atom stereocenters. The smallest absolute Gasteiger partial charge is 0.248 e. The van der Waals surface area contributed by atoms with Gasteiger partial charge in [-0.05, 0) is 25.1 Å². The Morgan fingerprint density at radius 3 is 2.87 bits per heavy atom. The molecule has 2 rings (SSSR count). The first-order valence-electron chi connectivity index (χ1n) is 4.70. The van der Waals surface area contributed by atoms with Crippen LogP contribution >= 0.6 is 0 Å². The molecule has 1 aromatic heterocycles. The van der Waals surface area contributed by atoms with E-state index in [1.54, 1.807) is 12.1 Å². The summed E-state index contributed by atoms with van der Waals surface area (Å²) in [5.74, 6) is 0.702. The highest BCUT2D eigenvalue weighted by Crippen LogP contribution is 2.29. The zero-order chi connectivity index (χ0) is 10.8. The van der Waals surface area contributed by atoms with Gasteiger partial charge in [0.05, 0.1) is 12.1 Å². The van der Waals surface area contributed by atoms with Crippen LogP contribution in [-0.4, -0.2) is 16.7 Å². The highest BCUT2D eigenvalue weighted by atomic mass is 16.5. The quantitative estimate of drug-likeness (QED) is 0.783. The van der Waals surface area contributed by atoms with Crippen molar-refractivity contribution in [2.75, 3.05) is 6.61 Å². The number of aromatic nitrogens is 1. The molecule has 0 aliphatic carbocycles. The topological polar surface area (TPSA) is 62.3 Å². The summed E-state index contributed by atoms with van der Waals surface area (Å²) in [6, 6.07) is 6.23. The van der Waals surface area contributed by atoms with Gasteiger partial charge in [-0.1, -0.05) is 0 Å². The van der Waals surface area contributed by atoms with Crippen molar-refractivity contribution >= 4 is 10.9 Å².